The van der Waals surface area contributed by atoms with E-state index in [-0.39, 0.29) is 41.8 Å². The van der Waals surface area contributed by atoms with Gasteiger partial charge in [-0.1, -0.05) is 29.8 Å². The molecule has 0 atom stereocenters. The number of aryl methyl sites for hydroxylation is 1. The van der Waals surface area contributed by atoms with Crippen LogP contribution in [0.2, 0.25) is 0 Å². The highest BCUT2D eigenvalue weighted by atomic mass is 35.5. The molecule has 1 aromatic heterocycles. The fourth-order valence-electron chi connectivity index (χ4n) is 5.29. The van der Waals surface area contributed by atoms with E-state index >= 15 is 0 Å². The molecule has 5 N–H and O–H groups in total. The Labute approximate surface area is 278 Å². The Morgan fingerprint density at radius 1 is 1.00 bits per heavy atom. The number of ether oxygens (including phenoxy) is 1. The van der Waals surface area contributed by atoms with E-state index in [1.807, 2.05) is 0 Å². The highest BCUT2D eigenvalue weighted by Gasteiger charge is 2.32. The quantitative estimate of drug-likeness (QED) is 0.0991. The zero-order chi connectivity index (χ0) is 31.9. The molecule has 1 fully saturated rings. The summed E-state index contributed by atoms with van der Waals surface area (Å²) < 4.78 is 5.71. The van der Waals surface area contributed by atoms with E-state index in [4.69, 9.17) is 4.74 Å². The Morgan fingerprint density at radius 3 is 2.20 bits per heavy atom. The van der Waals surface area contributed by atoms with Crippen LogP contribution < -0.4 is 21.2 Å². The Bertz CT molecular complexity index is 1700. The smallest absolute Gasteiger partial charge is 0.314 e. The highest BCUT2D eigenvalue weighted by Crippen LogP contribution is 2.28. The second-order valence-corrected chi connectivity index (χ2v) is 11.2. The number of nitro groups is 1. The molecular weight excluding hydrogens is 637 g/mol. The molecule has 0 spiro atoms. The monoisotopic (exact) mass is 677 g/mol. The summed E-state index contributed by atoms with van der Waals surface area (Å²) in [7, 11) is 1.69. The lowest BCUT2D eigenvalue weighted by Crippen LogP contribution is -2.46. The van der Waals surface area contributed by atoms with Gasteiger partial charge in [0.25, 0.3) is 5.69 Å². The van der Waals surface area contributed by atoms with E-state index in [9.17, 15) is 29.9 Å². The molecule has 0 radical (unpaired) electrons. The summed E-state index contributed by atoms with van der Waals surface area (Å²) >= 11 is 0. The highest BCUT2D eigenvalue weighted by molar-refractivity contribution is 5.85. The van der Waals surface area contributed by atoms with Gasteiger partial charge < -0.3 is 30.2 Å². The van der Waals surface area contributed by atoms with Crippen LogP contribution in [0.1, 0.15) is 35.1 Å². The summed E-state index contributed by atoms with van der Waals surface area (Å²) in [5, 5.41) is 34.0. The van der Waals surface area contributed by atoms with E-state index in [1.165, 1.54) is 17.2 Å². The van der Waals surface area contributed by atoms with Gasteiger partial charge in [-0.2, -0.15) is 0 Å². The SMILES string of the molecule is CNCc1c(C)c([N+](=O)[O-])cc2[nH]c(=O)c(=O)[nH]c12.Cc1ccc(CC2(O)CCN(CCOc3ccc(O)cc3)CC2)cc1.Cl.Cl. The molecule has 1 aliphatic heterocycles. The van der Waals surface area contributed by atoms with Gasteiger partial charge in [-0.15, -0.1) is 24.8 Å². The number of phenols is 1. The van der Waals surface area contributed by atoms with Crippen molar-refractivity contribution >= 4 is 41.5 Å². The van der Waals surface area contributed by atoms with Gasteiger partial charge in [0.05, 0.1) is 21.6 Å². The third-order valence-corrected chi connectivity index (χ3v) is 7.89. The van der Waals surface area contributed by atoms with Gasteiger partial charge in [0.1, 0.15) is 18.1 Å². The van der Waals surface area contributed by atoms with Crippen LogP contribution in [0.4, 0.5) is 5.69 Å². The van der Waals surface area contributed by atoms with Crippen LogP contribution in [-0.2, 0) is 13.0 Å². The first-order valence-electron chi connectivity index (χ1n) is 14.5. The fraction of sp³-hybridized carbons (Fsp3) is 0.375. The zero-order valence-electron chi connectivity index (χ0n) is 26.0. The molecule has 46 heavy (non-hydrogen) atoms. The largest absolute Gasteiger partial charge is 0.508 e. The number of likely N-dealkylation sites (tertiary alicyclic amines) is 1. The summed E-state index contributed by atoms with van der Waals surface area (Å²) in [6, 6.07) is 16.5. The maximum atomic E-state index is 11.4. The van der Waals surface area contributed by atoms with Crippen LogP contribution in [0.25, 0.3) is 11.0 Å². The number of halogens is 2. The standard InChI is InChI=1S/C21H27NO3.C11H12N4O4.2ClH/c1-17-2-4-18(5-3-17)16-21(24)10-12-22(13-11-21)14-15-25-20-8-6-19(23)7-9-20;1-5-6(4-12-2)9-7(3-8(5)15(18)19)13-10(16)11(17)14-9;;/h2-9,23-24H,10-16H2,1H3;3,12H,4H2,1-2H3,(H,13,16)(H,14,17);2*1H. The topological polar surface area (TPSA) is 174 Å². The van der Waals surface area contributed by atoms with Gasteiger partial charge in [0.2, 0.25) is 0 Å². The van der Waals surface area contributed by atoms with Crippen molar-refractivity contribution in [2.45, 2.75) is 45.3 Å². The molecule has 5 rings (SSSR count). The predicted molar refractivity (Wildman–Crippen MR) is 183 cm³/mol. The van der Waals surface area contributed by atoms with Crippen LogP contribution in [0, 0.1) is 24.0 Å². The Kier molecular flexibility index (Phi) is 14.2. The minimum Gasteiger partial charge on any atom is -0.508 e. The molecule has 250 valence electrons. The second kappa shape index (κ2) is 17.1. The summed E-state index contributed by atoms with van der Waals surface area (Å²) in [5.41, 5.74) is 1.84. The Hall–Kier alpha value is -3.94. The molecule has 0 saturated carbocycles. The summed E-state index contributed by atoms with van der Waals surface area (Å²) in [6.07, 6.45) is 2.31. The maximum Gasteiger partial charge on any atom is 0.314 e. The van der Waals surface area contributed by atoms with E-state index in [0.29, 0.717) is 29.8 Å². The van der Waals surface area contributed by atoms with Gasteiger partial charge in [-0.3, -0.25) is 24.6 Å². The number of hydrogen-bond donors (Lipinski definition) is 5. The average molecular weight is 679 g/mol. The van der Waals surface area contributed by atoms with Crippen molar-refractivity contribution in [1.82, 2.24) is 20.2 Å². The van der Waals surface area contributed by atoms with Crippen molar-refractivity contribution in [3.05, 3.63) is 108 Å². The minimum atomic E-state index is -0.832. The summed E-state index contributed by atoms with van der Waals surface area (Å²) in [4.78, 5) is 40.3. The molecule has 3 aromatic carbocycles. The molecule has 12 nitrogen and oxygen atoms in total. The van der Waals surface area contributed by atoms with Gasteiger partial charge in [-0.05, 0) is 63.6 Å². The lowest BCUT2D eigenvalue weighted by molar-refractivity contribution is -0.385. The van der Waals surface area contributed by atoms with E-state index < -0.39 is 21.6 Å². The first kappa shape index (κ1) is 38.2. The van der Waals surface area contributed by atoms with E-state index in [1.54, 1.807) is 38.2 Å². The number of nitrogens with one attached hydrogen (secondary N) is 3. The number of H-pyrrole nitrogens is 2. The first-order chi connectivity index (χ1) is 21.0. The van der Waals surface area contributed by atoms with Gasteiger partial charge in [0, 0.05) is 49.8 Å². The molecule has 1 saturated heterocycles. The number of aliphatic hydroxyl groups is 1. The number of aromatic nitrogens is 2. The molecule has 0 amide bonds. The van der Waals surface area contributed by atoms with Crippen LogP contribution in [-0.4, -0.2) is 68.9 Å². The van der Waals surface area contributed by atoms with Crippen molar-refractivity contribution < 1.29 is 19.9 Å². The van der Waals surface area contributed by atoms with Gasteiger partial charge >= 0.3 is 11.1 Å². The van der Waals surface area contributed by atoms with E-state index in [2.05, 4.69) is 51.4 Å². The lowest BCUT2D eigenvalue weighted by Gasteiger charge is -2.38. The second-order valence-electron chi connectivity index (χ2n) is 11.2. The van der Waals surface area contributed by atoms with Crippen molar-refractivity contribution in [1.29, 1.82) is 0 Å². The maximum absolute atomic E-state index is 11.4. The van der Waals surface area contributed by atoms with Crippen molar-refractivity contribution in [2.75, 3.05) is 33.3 Å². The zero-order valence-corrected chi connectivity index (χ0v) is 27.6. The number of piperidine rings is 1. The number of benzene rings is 3. The normalized spacial score (nSPS) is 13.9. The minimum absolute atomic E-state index is 0. The number of aromatic hydroxyl groups is 1. The number of nitrogens with zero attached hydrogens (tertiary/aromatic N) is 2. The van der Waals surface area contributed by atoms with Crippen molar-refractivity contribution in [2.24, 2.45) is 0 Å². The number of hydrogen-bond acceptors (Lipinski definition) is 9. The summed E-state index contributed by atoms with van der Waals surface area (Å²) in [6.45, 7) is 7.27. The van der Waals surface area contributed by atoms with Gasteiger partial charge in [0.15, 0.2) is 0 Å². The first-order valence-corrected chi connectivity index (χ1v) is 14.5. The number of nitro benzene ring substituents is 1. The van der Waals surface area contributed by atoms with E-state index in [0.717, 1.165) is 44.6 Å². The van der Waals surface area contributed by atoms with Crippen LogP contribution in [0.15, 0.2) is 64.2 Å². The fourth-order valence-corrected chi connectivity index (χ4v) is 5.29. The molecular formula is C32H41Cl2N5O7. The third kappa shape index (κ3) is 10.0. The number of aromatic amines is 2. The van der Waals surface area contributed by atoms with Crippen molar-refractivity contribution in [3.63, 3.8) is 0 Å². The molecule has 0 bridgehead atoms. The number of rotatable bonds is 9. The lowest BCUT2D eigenvalue weighted by atomic mass is 9.85. The molecule has 0 unspecified atom stereocenters. The molecule has 14 heteroatoms. The Balaban J connectivity index is 0.000000317. The van der Waals surface area contributed by atoms with Crippen LogP contribution in [0.5, 0.6) is 11.5 Å². The van der Waals surface area contributed by atoms with Gasteiger partial charge in [-0.25, -0.2) is 0 Å². The Morgan fingerprint density at radius 2 is 1.61 bits per heavy atom. The van der Waals surface area contributed by atoms with Crippen LogP contribution in [0.3, 0.4) is 0 Å². The average Bonchev–Trinajstić information content (AvgIpc) is 2.99. The summed E-state index contributed by atoms with van der Waals surface area (Å²) in [5.74, 6) is 1.02. The molecule has 4 aromatic rings. The molecule has 2 heterocycles. The number of phenolic OH excluding ortho intramolecular Hbond substituents is 1. The van der Waals surface area contributed by atoms with Crippen LogP contribution >= 0.6 is 24.8 Å². The molecule has 1 aliphatic rings. The molecule has 0 aliphatic carbocycles. The predicted octanol–water partition coefficient (Wildman–Crippen LogP) is 4.15. The third-order valence-electron chi connectivity index (χ3n) is 7.89. The number of fused-ring (bicyclic) bond motifs is 1. The van der Waals surface area contributed by atoms with Crippen molar-refractivity contribution in [3.8, 4) is 11.5 Å².